The lowest BCUT2D eigenvalue weighted by Gasteiger charge is -2.25. The molecule has 7 atom stereocenters. The number of thiol groups is 1. The highest BCUT2D eigenvalue weighted by Crippen LogP contribution is 2.57. The van der Waals surface area contributed by atoms with E-state index in [4.69, 9.17) is 24.3 Å². The lowest BCUT2D eigenvalue weighted by atomic mass is 10.1. The zero-order valence-corrected chi connectivity index (χ0v) is 22.4. The average Bonchev–Trinajstić information content (AvgIpc) is 3.69. The van der Waals surface area contributed by atoms with Crippen molar-refractivity contribution in [1.29, 1.82) is 0 Å². The number of anilines is 1. The van der Waals surface area contributed by atoms with Crippen LogP contribution in [-0.4, -0.2) is 98.5 Å². The molecule has 2 aliphatic rings. The molecule has 4 aromatic rings. The van der Waals surface area contributed by atoms with Gasteiger partial charge in [0.2, 0.25) is 5.95 Å². The number of nitrogens with zero attached hydrogens (tertiary/aromatic N) is 7. The van der Waals surface area contributed by atoms with Gasteiger partial charge in [-0.25, -0.2) is 23.3 Å². The zero-order chi connectivity index (χ0) is 29.9. The first kappa shape index (κ1) is 28.3. The zero-order valence-electron chi connectivity index (χ0n) is 20.6. The van der Waals surface area contributed by atoms with Gasteiger partial charge in [0.05, 0.1) is 25.9 Å². The van der Waals surface area contributed by atoms with Crippen molar-refractivity contribution in [2.45, 2.75) is 36.8 Å². The molecule has 224 valence electrons. The number of aliphatic hydroxyl groups is 2. The van der Waals surface area contributed by atoms with Crippen molar-refractivity contribution < 1.29 is 42.1 Å². The predicted octanol–water partition coefficient (Wildman–Crippen LogP) is -1.25. The van der Waals surface area contributed by atoms with Gasteiger partial charge in [-0.1, -0.05) is 17.5 Å². The maximum atomic E-state index is 15.3. The Labute approximate surface area is 235 Å². The normalized spacial score (nSPS) is 27.6. The molecule has 0 radical (unpaired) electrons. The van der Waals surface area contributed by atoms with Crippen LogP contribution >= 0.6 is 19.0 Å². The summed E-state index contributed by atoms with van der Waals surface area (Å²) in [6.45, 7) is -6.13. The molecule has 6 N–H and O–H groups in total. The molecule has 19 nitrogen and oxygen atoms in total. The minimum absolute atomic E-state index is 0.121. The van der Waals surface area contributed by atoms with E-state index in [1.807, 2.05) is 0 Å². The smallest absolute Gasteiger partial charge is 0.386 e. The number of imidazole rings is 1. The summed E-state index contributed by atoms with van der Waals surface area (Å²) >= 11 is 3.86. The standard InChI is InChI=1S/C19H19F2N10O9PS/c20-7-5(1-32)38-18(30-4-25-9-14(30)26-19(22)27-16(9)35)12(7)40-41(36,42)37-2-6-11(33)8(21)17(39-6)31-13-10(28-29-31)15(34)24-3-23-13/h3-7,11-12,18,32-33H,1-2H2,(H,36,42)(H,23,24,34)(H3,22,26,27,35)/t5-,6-,7-,11-,12-,18-,41?/m1/s1. The van der Waals surface area contributed by atoms with Gasteiger partial charge in [0.1, 0.15) is 18.3 Å². The van der Waals surface area contributed by atoms with E-state index < -0.39 is 79.7 Å². The molecule has 23 heteroatoms. The summed E-state index contributed by atoms with van der Waals surface area (Å²) in [5, 5.41) is 27.2. The number of ether oxygens (including phenoxy) is 2. The van der Waals surface area contributed by atoms with Crippen LogP contribution in [-0.2, 0) is 23.1 Å². The second-order valence-corrected chi connectivity index (χ2v) is 11.8. The number of hydrogen-bond donors (Lipinski definition) is 6. The average molecular weight is 632 g/mol. The van der Waals surface area contributed by atoms with Gasteiger partial charge >= 0.3 is 6.80 Å². The van der Waals surface area contributed by atoms with Gasteiger partial charge in [0.25, 0.3) is 17.0 Å². The Morgan fingerprint density at radius 3 is 2.76 bits per heavy atom. The molecule has 1 saturated heterocycles. The number of rotatable bonds is 8. The number of fused-ring (bicyclic) bond motifs is 2. The van der Waals surface area contributed by atoms with Crippen LogP contribution in [0.4, 0.5) is 14.7 Å². The van der Waals surface area contributed by atoms with Crippen LogP contribution in [0.5, 0.6) is 0 Å². The van der Waals surface area contributed by atoms with Crippen molar-refractivity contribution in [2.75, 3.05) is 18.9 Å². The molecule has 0 bridgehead atoms. The lowest BCUT2D eigenvalue weighted by molar-refractivity contribution is -0.0476. The molecule has 0 amide bonds. The Balaban J connectivity index is 1.19. The number of aromatic amines is 2. The number of H-pyrrole nitrogens is 2. The van der Waals surface area contributed by atoms with Crippen LogP contribution in [0.3, 0.4) is 0 Å². The van der Waals surface area contributed by atoms with Crippen LogP contribution in [0.1, 0.15) is 6.23 Å². The van der Waals surface area contributed by atoms with E-state index in [-0.39, 0.29) is 28.3 Å². The van der Waals surface area contributed by atoms with Crippen molar-refractivity contribution in [3.05, 3.63) is 39.2 Å². The molecule has 0 aliphatic carbocycles. The Morgan fingerprint density at radius 1 is 1.21 bits per heavy atom. The number of hydrogen-bond acceptors (Lipinski definition) is 15. The van der Waals surface area contributed by atoms with Crippen molar-refractivity contribution >= 4 is 53.2 Å². The second kappa shape index (κ2) is 10.5. The molecule has 6 heterocycles. The molecular weight excluding hydrogens is 613 g/mol. The molecule has 0 saturated carbocycles. The van der Waals surface area contributed by atoms with E-state index in [0.29, 0.717) is 0 Å². The molecule has 1 unspecified atom stereocenters. The monoisotopic (exact) mass is 632 g/mol. The molecule has 4 aromatic heterocycles. The lowest BCUT2D eigenvalue weighted by Crippen LogP contribution is -2.32. The molecule has 2 aliphatic heterocycles. The van der Waals surface area contributed by atoms with Crippen molar-refractivity contribution in [1.82, 2.24) is 44.5 Å². The first-order valence-corrected chi connectivity index (χ1v) is 14.5. The summed E-state index contributed by atoms with van der Waals surface area (Å²) in [5.74, 6) is -2.15. The third kappa shape index (κ3) is 4.75. The van der Waals surface area contributed by atoms with Crippen LogP contribution in [0.2, 0.25) is 0 Å². The quantitative estimate of drug-likeness (QED) is 0.0980. The third-order valence-corrected chi connectivity index (χ3v) is 7.96. The summed E-state index contributed by atoms with van der Waals surface area (Å²) < 4.78 is 66.6. The van der Waals surface area contributed by atoms with E-state index in [1.165, 1.54) is 0 Å². The van der Waals surface area contributed by atoms with Gasteiger partial charge in [-0.05, 0) is 0 Å². The summed E-state index contributed by atoms with van der Waals surface area (Å²) in [6.07, 6.45) is -8.13. The first-order chi connectivity index (χ1) is 20.0. The maximum absolute atomic E-state index is 15.3. The van der Waals surface area contributed by atoms with Gasteiger partial charge < -0.3 is 30.4 Å². The molecule has 0 spiro atoms. The third-order valence-electron chi connectivity index (χ3n) is 6.34. The van der Waals surface area contributed by atoms with Gasteiger partial charge in [-0.2, -0.15) is 9.67 Å². The van der Waals surface area contributed by atoms with E-state index in [1.54, 1.807) is 0 Å². The predicted molar refractivity (Wildman–Crippen MR) is 137 cm³/mol. The number of aromatic nitrogens is 9. The number of nitrogens with two attached hydrogens (primary N) is 1. The van der Waals surface area contributed by atoms with E-state index in [9.17, 15) is 28.8 Å². The van der Waals surface area contributed by atoms with Gasteiger partial charge in [-0.15, -0.1) is 5.10 Å². The maximum Gasteiger partial charge on any atom is 0.386 e. The highest BCUT2D eigenvalue weighted by molar-refractivity contribution is 8.44. The van der Waals surface area contributed by atoms with E-state index >= 15 is 4.39 Å². The molecule has 1 fully saturated rings. The number of halogens is 2. The highest BCUT2D eigenvalue weighted by Gasteiger charge is 2.50. The fraction of sp³-hybridized carbons (Fsp3) is 0.421. The SMILES string of the molecule is Nc1nc2c(ncn2[C@@H]2O[C@H](CO)[C@@H](F)[C@H]2OP(=O)(S)OC[C@H]2OC(n3nnc4c(=O)[nH]cnc43)=C(F)[C@@H]2O)c(=O)[nH]1. The Morgan fingerprint density at radius 2 is 2.00 bits per heavy atom. The topological polar surface area (TPSA) is 260 Å². The van der Waals surface area contributed by atoms with Crippen molar-refractivity contribution in [3.63, 3.8) is 0 Å². The minimum Gasteiger partial charge on any atom is -0.467 e. The van der Waals surface area contributed by atoms with Crippen molar-refractivity contribution in [3.8, 4) is 0 Å². The fourth-order valence-corrected chi connectivity index (χ4v) is 5.84. The largest absolute Gasteiger partial charge is 0.467 e. The van der Waals surface area contributed by atoms with Gasteiger partial charge in [0, 0.05) is 0 Å². The number of nitrogen functional groups attached to an aromatic ring is 1. The van der Waals surface area contributed by atoms with Gasteiger partial charge in [0.15, 0.2) is 46.7 Å². The summed E-state index contributed by atoms with van der Waals surface area (Å²) in [6, 6.07) is 0. The first-order valence-electron chi connectivity index (χ1n) is 11.8. The summed E-state index contributed by atoms with van der Waals surface area (Å²) in [4.78, 5) is 40.3. The van der Waals surface area contributed by atoms with Crippen LogP contribution in [0.15, 0.2) is 28.1 Å². The molecule has 42 heavy (non-hydrogen) atoms. The van der Waals surface area contributed by atoms with Crippen molar-refractivity contribution in [2.24, 2.45) is 0 Å². The number of alkyl halides is 1. The second-order valence-electron chi connectivity index (χ2n) is 8.96. The van der Waals surface area contributed by atoms with E-state index in [0.717, 1.165) is 21.9 Å². The highest BCUT2D eigenvalue weighted by atomic mass is 32.7. The minimum atomic E-state index is -4.54. The summed E-state index contributed by atoms with van der Waals surface area (Å²) in [7, 11) is 0. The number of aliphatic hydroxyl groups excluding tert-OH is 2. The number of nitrogens with one attached hydrogen (secondary N) is 2. The fourth-order valence-electron chi connectivity index (χ4n) is 4.39. The van der Waals surface area contributed by atoms with Crippen LogP contribution in [0.25, 0.3) is 28.2 Å². The summed E-state index contributed by atoms with van der Waals surface area (Å²) in [5.41, 5.74) is 3.56. The molecule has 0 aromatic carbocycles. The molecule has 6 rings (SSSR count). The van der Waals surface area contributed by atoms with Crippen LogP contribution in [0, 0.1) is 0 Å². The Kier molecular flexibility index (Phi) is 7.07. The van der Waals surface area contributed by atoms with Gasteiger partial charge in [-0.3, -0.25) is 28.2 Å². The van der Waals surface area contributed by atoms with E-state index in [2.05, 4.69) is 47.5 Å². The Hall–Kier alpha value is -3.79. The Bertz CT molecular complexity index is 1880. The van der Waals surface area contributed by atoms with Crippen LogP contribution < -0.4 is 16.9 Å². The molecular formula is C19H19F2N10O9PS.